The minimum absolute atomic E-state index is 0.0305. The van der Waals surface area contributed by atoms with Gasteiger partial charge in [0.15, 0.2) is 0 Å². The monoisotopic (exact) mass is 779 g/mol. The van der Waals surface area contributed by atoms with E-state index in [2.05, 4.69) is 45.6 Å². The molecule has 3 atom stereocenters. The molecule has 0 spiro atoms. The molecule has 0 radical (unpaired) electrons. The molecular formula is C47H49N5O6. The van der Waals surface area contributed by atoms with Gasteiger partial charge in [0, 0.05) is 24.9 Å². The van der Waals surface area contributed by atoms with E-state index in [-0.39, 0.29) is 38.1 Å². The standard InChI is InChI=1S/C40H41N5O6.C7H8/c46-26-33-23-28-13-18-32(19-14-28)38(49)41-22-21-36(47)44-34(20-15-27-7-3-1-4-8-27)40(51)45-35(39(50)42-25-37(48)43-33)24-29-11-16-31(17-12-29)30-9-5-2-6-10-30;1-7-5-3-2-4-6-7/h1-14,16-19,26,33-35H,15,20-25H2,(H,41,49)(H,42,50)(H,43,48)(H,44,47)(H,45,51);2-6H,1H3/t33-,34+,35+;/m0./s1. The average molecular weight is 780 g/mol. The van der Waals surface area contributed by atoms with Gasteiger partial charge in [-0.2, -0.15) is 0 Å². The highest BCUT2D eigenvalue weighted by Crippen LogP contribution is 2.20. The Bertz CT molecular complexity index is 2110. The van der Waals surface area contributed by atoms with Crippen LogP contribution in [0.3, 0.4) is 0 Å². The lowest BCUT2D eigenvalue weighted by Gasteiger charge is -2.24. The number of aldehydes is 1. The third-order valence-corrected chi connectivity index (χ3v) is 9.53. The van der Waals surface area contributed by atoms with Crippen molar-refractivity contribution < 1.29 is 28.8 Å². The van der Waals surface area contributed by atoms with Gasteiger partial charge >= 0.3 is 0 Å². The molecule has 2 aliphatic heterocycles. The van der Waals surface area contributed by atoms with Crippen molar-refractivity contribution in [3.8, 4) is 11.1 Å². The Morgan fingerprint density at radius 1 is 0.569 bits per heavy atom. The summed E-state index contributed by atoms with van der Waals surface area (Å²) < 4.78 is 0. The van der Waals surface area contributed by atoms with Crippen molar-refractivity contribution in [2.45, 2.75) is 57.2 Å². The second kappa shape index (κ2) is 22.0. The van der Waals surface area contributed by atoms with Crippen LogP contribution in [0.15, 0.2) is 140 Å². The summed E-state index contributed by atoms with van der Waals surface area (Å²) in [6.07, 6.45) is 1.53. The number of hydrogen-bond donors (Lipinski definition) is 5. The van der Waals surface area contributed by atoms with Crippen LogP contribution in [0.25, 0.3) is 11.1 Å². The molecule has 5 N–H and O–H groups in total. The zero-order valence-electron chi connectivity index (χ0n) is 32.5. The number of amides is 5. The second-order valence-electron chi connectivity index (χ2n) is 14.1. The van der Waals surface area contributed by atoms with E-state index in [0.29, 0.717) is 23.8 Å². The second-order valence-corrected chi connectivity index (χ2v) is 14.1. The topological polar surface area (TPSA) is 163 Å². The largest absolute Gasteiger partial charge is 0.352 e. The third-order valence-electron chi connectivity index (χ3n) is 9.53. The Morgan fingerprint density at radius 3 is 1.79 bits per heavy atom. The van der Waals surface area contributed by atoms with Gasteiger partial charge in [0.1, 0.15) is 18.4 Å². The molecule has 11 heteroatoms. The molecule has 7 rings (SSSR count). The Hall–Kier alpha value is -6.88. The maximum atomic E-state index is 13.9. The lowest BCUT2D eigenvalue weighted by atomic mass is 9.99. The molecule has 0 unspecified atom stereocenters. The fourth-order valence-electron chi connectivity index (χ4n) is 6.33. The molecule has 2 bridgehead atoms. The van der Waals surface area contributed by atoms with Crippen molar-refractivity contribution >= 4 is 35.8 Å². The molecule has 0 aliphatic carbocycles. The molecule has 2 heterocycles. The molecule has 0 aromatic heterocycles. The zero-order valence-corrected chi connectivity index (χ0v) is 32.5. The number of benzene rings is 5. The van der Waals surface area contributed by atoms with E-state index in [1.54, 1.807) is 24.3 Å². The van der Waals surface area contributed by atoms with Gasteiger partial charge in [0.25, 0.3) is 5.91 Å². The van der Waals surface area contributed by atoms with E-state index in [0.717, 1.165) is 22.3 Å². The fraction of sp³-hybridized carbons (Fsp3) is 0.234. The van der Waals surface area contributed by atoms with Crippen LogP contribution in [0.1, 0.15) is 45.5 Å². The number of carbonyl (C=O) groups excluding carboxylic acids is 6. The van der Waals surface area contributed by atoms with Crippen LogP contribution in [0.4, 0.5) is 0 Å². The first-order valence-corrected chi connectivity index (χ1v) is 19.4. The Morgan fingerprint density at radius 2 is 1.17 bits per heavy atom. The molecule has 2 aliphatic rings. The molecule has 5 aromatic carbocycles. The Kier molecular flexibility index (Phi) is 16.0. The van der Waals surface area contributed by atoms with Crippen molar-refractivity contribution in [3.63, 3.8) is 0 Å². The van der Waals surface area contributed by atoms with Crippen molar-refractivity contribution in [1.29, 1.82) is 0 Å². The maximum absolute atomic E-state index is 13.9. The van der Waals surface area contributed by atoms with Gasteiger partial charge in [-0.15, -0.1) is 0 Å². The van der Waals surface area contributed by atoms with E-state index >= 15 is 0 Å². The first-order valence-electron chi connectivity index (χ1n) is 19.4. The van der Waals surface area contributed by atoms with Gasteiger partial charge in [-0.25, -0.2) is 0 Å². The summed E-state index contributed by atoms with van der Waals surface area (Å²) in [6.45, 7) is 1.68. The van der Waals surface area contributed by atoms with Gasteiger partial charge in [0.2, 0.25) is 23.6 Å². The SMILES string of the molecule is Cc1ccccc1.O=C[C@@H]1Cc2ccc(cc2)C(=O)NCCC(=O)N[C@H](CCc2ccccc2)C(=O)N[C@H](Cc2ccc(-c3ccccc3)cc2)C(=O)NCC(=O)N1. The van der Waals surface area contributed by atoms with Crippen LogP contribution in [-0.4, -0.2) is 67.0 Å². The summed E-state index contributed by atoms with van der Waals surface area (Å²) in [4.78, 5) is 77.9. The van der Waals surface area contributed by atoms with Crippen LogP contribution < -0.4 is 26.6 Å². The van der Waals surface area contributed by atoms with Crippen LogP contribution in [0.5, 0.6) is 0 Å². The van der Waals surface area contributed by atoms with Crippen molar-refractivity contribution in [2.75, 3.05) is 13.1 Å². The maximum Gasteiger partial charge on any atom is 0.251 e. The molecule has 5 amide bonds. The lowest BCUT2D eigenvalue weighted by Crippen LogP contribution is -2.55. The summed E-state index contributed by atoms with van der Waals surface area (Å²) in [7, 11) is 0. The summed E-state index contributed by atoms with van der Waals surface area (Å²) in [5, 5.41) is 13.5. The quantitative estimate of drug-likeness (QED) is 0.119. The number of aryl methyl sites for hydroxylation is 2. The molecule has 11 nitrogen and oxygen atoms in total. The number of carbonyl (C=O) groups is 6. The molecule has 0 saturated carbocycles. The van der Waals surface area contributed by atoms with Crippen molar-refractivity contribution in [2.24, 2.45) is 0 Å². The van der Waals surface area contributed by atoms with E-state index < -0.39 is 48.3 Å². The van der Waals surface area contributed by atoms with Crippen molar-refractivity contribution in [1.82, 2.24) is 26.6 Å². The molecule has 58 heavy (non-hydrogen) atoms. The number of nitrogens with one attached hydrogen (secondary N) is 5. The first kappa shape index (κ1) is 42.3. The lowest BCUT2D eigenvalue weighted by molar-refractivity contribution is -0.133. The van der Waals surface area contributed by atoms with Crippen LogP contribution in [-0.2, 0) is 43.2 Å². The predicted molar refractivity (Wildman–Crippen MR) is 223 cm³/mol. The minimum Gasteiger partial charge on any atom is -0.352 e. The number of rotatable bonds is 7. The zero-order chi connectivity index (χ0) is 41.1. The van der Waals surface area contributed by atoms with Crippen LogP contribution in [0.2, 0.25) is 0 Å². The summed E-state index contributed by atoms with van der Waals surface area (Å²) >= 11 is 0. The number of fused-ring (bicyclic) bond motifs is 18. The summed E-state index contributed by atoms with van der Waals surface area (Å²) in [5.74, 6) is -2.60. The van der Waals surface area contributed by atoms with Gasteiger partial charge in [-0.1, -0.05) is 133 Å². The number of hydrogen-bond acceptors (Lipinski definition) is 6. The predicted octanol–water partition coefficient (Wildman–Crippen LogP) is 4.67. The van der Waals surface area contributed by atoms with Gasteiger partial charge < -0.3 is 31.4 Å². The highest BCUT2D eigenvalue weighted by Gasteiger charge is 2.28. The first-order chi connectivity index (χ1) is 28.2. The Labute approximate surface area is 339 Å². The fourth-order valence-corrected chi connectivity index (χ4v) is 6.33. The Balaban J connectivity index is 0.000000826. The van der Waals surface area contributed by atoms with Crippen LogP contribution >= 0.6 is 0 Å². The normalized spacial score (nSPS) is 18.1. The molecule has 298 valence electrons. The molecule has 0 fully saturated rings. The minimum atomic E-state index is -1.10. The van der Waals surface area contributed by atoms with E-state index in [1.807, 2.05) is 103 Å². The molecule has 0 saturated heterocycles. The van der Waals surface area contributed by atoms with E-state index in [1.165, 1.54) is 5.56 Å². The average Bonchev–Trinajstić information content (AvgIpc) is 3.25. The van der Waals surface area contributed by atoms with Gasteiger partial charge in [-0.05, 0) is 66.1 Å². The van der Waals surface area contributed by atoms with Gasteiger partial charge in [0.05, 0.1) is 12.6 Å². The van der Waals surface area contributed by atoms with Crippen molar-refractivity contribution in [3.05, 3.63) is 167 Å². The third kappa shape index (κ3) is 13.7. The molecular weight excluding hydrogens is 731 g/mol. The van der Waals surface area contributed by atoms with E-state index in [9.17, 15) is 28.8 Å². The van der Waals surface area contributed by atoms with Crippen LogP contribution in [0, 0.1) is 6.92 Å². The molecule has 5 aromatic rings. The highest BCUT2D eigenvalue weighted by molar-refractivity contribution is 5.95. The summed E-state index contributed by atoms with van der Waals surface area (Å²) in [5.41, 5.74) is 6.13. The summed E-state index contributed by atoms with van der Waals surface area (Å²) in [6, 6.07) is 40.8. The van der Waals surface area contributed by atoms with Gasteiger partial charge in [-0.3, -0.25) is 24.0 Å². The van der Waals surface area contributed by atoms with E-state index in [4.69, 9.17) is 0 Å². The highest BCUT2D eigenvalue weighted by atomic mass is 16.2. The smallest absolute Gasteiger partial charge is 0.251 e.